The summed E-state index contributed by atoms with van der Waals surface area (Å²) in [5.41, 5.74) is 3.64. The summed E-state index contributed by atoms with van der Waals surface area (Å²) < 4.78 is 30.9. The van der Waals surface area contributed by atoms with E-state index >= 15 is 0 Å². The minimum Gasteiger partial charge on any atom is -0.485 e. The van der Waals surface area contributed by atoms with Crippen LogP contribution in [0.3, 0.4) is 0 Å². The van der Waals surface area contributed by atoms with Crippen LogP contribution in [0.5, 0.6) is 23.0 Å². The predicted molar refractivity (Wildman–Crippen MR) is 205 cm³/mol. The van der Waals surface area contributed by atoms with Crippen molar-refractivity contribution >= 4 is 45.8 Å². The highest BCUT2D eigenvalue weighted by molar-refractivity contribution is 7.25. The lowest BCUT2D eigenvalue weighted by Crippen LogP contribution is -2.20. The highest BCUT2D eigenvalue weighted by atomic mass is 32.1. The smallest absolute Gasteiger partial charge is 0.181 e. The van der Waals surface area contributed by atoms with Crippen molar-refractivity contribution in [3.8, 4) is 61.4 Å². The van der Waals surface area contributed by atoms with Crippen LogP contribution in [0.15, 0.2) is 113 Å². The maximum Gasteiger partial charge on any atom is 0.181 e. The van der Waals surface area contributed by atoms with Crippen LogP contribution < -0.4 is 23.8 Å². The van der Waals surface area contributed by atoms with Crippen molar-refractivity contribution in [3.63, 3.8) is 0 Å². The third-order valence-electron chi connectivity index (χ3n) is 8.91. The van der Waals surface area contributed by atoms with E-state index in [0.717, 1.165) is 42.1 Å². The first-order valence-corrected chi connectivity index (χ1v) is 18.5. The Morgan fingerprint density at radius 2 is 1.15 bits per heavy atom. The number of anilines is 3. The van der Waals surface area contributed by atoms with E-state index in [1.807, 2.05) is 54.6 Å². The van der Waals surface area contributed by atoms with Gasteiger partial charge >= 0.3 is 0 Å². The first-order valence-electron chi connectivity index (χ1n) is 16.8. The Kier molecular flexibility index (Phi) is 8.85. The van der Waals surface area contributed by atoms with Crippen LogP contribution in [0.4, 0.5) is 17.1 Å². The van der Waals surface area contributed by atoms with Gasteiger partial charge in [-0.15, -0.1) is 22.7 Å². The van der Waals surface area contributed by atoms with Crippen LogP contribution >= 0.6 is 22.7 Å². The monoisotopic (exact) mass is 734 g/mol. The van der Waals surface area contributed by atoms with Crippen molar-refractivity contribution in [1.29, 1.82) is 15.8 Å². The lowest BCUT2D eigenvalue weighted by Gasteiger charge is -2.25. The summed E-state index contributed by atoms with van der Waals surface area (Å²) in [5.74, 6) is 2.57. The van der Waals surface area contributed by atoms with E-state index < -0.39 is 5.60 Å². The van der Waals surface area contributed by atoms with Gasteiger partial charge in [-0.05, 0) is 61.9 Å². The standard InChI is InChI=1S/C42H30N4O5S2/c1-42(2)32(31(25-45)34(51-42)27(23-43)24-44)17-18-33-35-36(48-20-19-47-35)40(52-33)41-38-37(49-21-22-50-38)39(53-41)26-13-15-30(16-14-26)46(28-9-5-3-6-10-28)29-11-7-4-8-12-29/h3-18H,19-22H2,1-2H3/b18-17+. The number of benzene rings is 3. The molecular formula is C42H30N4O5S2. The molecule has 3 aliphatic heterocycles. The average molecular weight is 735 g/mol. The largest absolute Gasteiger partial charge is 0.485 e. The van der Waals surface area contributed by atoms with Gasteiger partial charge in [-0.25, -0.2) is 0 Å². The van der Waals surface area contributed by atoms with E-state index in [1.165, 1.54) is 11.3 Å². The number of thiophene rings is 2. The molecule has 0 saturated heterocycles. The van der Waals surface area contributed by atoms with Crippen molar-refractivity contribution in [3.05, 3.63) is 118 Å². The number of hydrogen-bond donors (Lipinski definition) is 0. The van der Waals surface area contributed by atoms with E-state index in [0.29, 0.717) is 55.0 Å². The molecule has 0 fully saturated rings. The maximum atomic E-state index is 10.0. The molecule has 3 aliphatic rings. The Labute approximate surface area is 314 Å². The Morgan fingerprint density at radius 1 is 0.642 bits per heavy atom. The molecule has 5 heterocycles. The summed E-state index contributed by atoms with van der Waals surface area (Å²) in [7, 11) is 0. The van der Waals surface area contributed by atoms with E-state index in [1.54, 1.807) is 31.3 Å². The number of fused-ring (bicyclic) bond motifs is 2. The molecule has 0 radical (unpaired) electrons. The van der Waals surface area contributed by atoms with Crippen molar-refractivity contribution in [2.75, 3.05) is 31.3 Å². The molecule has 9 nitrogen and oxygen atoms in total. The van der Waals surface area contributed by atoms with E-state index in [4.69, 9.17) is 23.7 Å². The van der Waals surface area contributed by atoms with E-state index in [9.17, 15) is 15.8 Å². The van der Waals surface area contributed by atoms with Gasteiger partial charge in [0.1, 0.15) is 55.8 Å². The average Bonchev–Trinajstić information content (AvgIpc) is 3.84. The number of hydrogen-bond acceptors (Lipinski definition) is 11. The van der Waals surface area contributed by atoms with Gasteiger partial charge < -0.3 is 28.6 Å². The van der Waals surface area contributed by atoms with Crippen molar-refractivity contribution < 1.29 is 23.7 Å². The molecule has 0 bridgehead atoms. The van der Waals surface area contributed by atoms with Crippen LogP contribution in [0.1, 0.15) is 18.7 Å². The van der Waals surface area contributed by atoms with Gasteiger partial charge in [0, 0.05) is 22.6 Å². The molecule has 11 heteroatoms. The Hall–Kier alpha value is -6.45. The van der Waals surface area contributed by atoms with E-state index in [-0.39, 0.29) is 16.9 Å². The summed E-state index contributed by atoms with van der Waals surface area (Å²) in [5, 5.41) is 29.0. The number of rotatable bonds is 7. The first-order chi connectivity index (χ1) is 25.9. The van der Waals surface area contributed by atoms with E-state index in [2.05, 4.69) is 59.5 Å². The number of nitrogens with zero attached hydrogens (tertiary/aromatic N) is 4. The summed E-state index contributed by atoms with van der Waals surface area (Å²) in [6, 6.07) is 34.8. The van der Waals surface area contributed by atoms with Gasteiger partial charge in [0.15, 0.2) is 34.3 Å². The minimum absolute atomic E-state index is 0.00797. The molecule has 3 aromatic carbocycles. The molecule has 0 unspecified atom stereocenters. The normalized spacial score (nSPS) is 15.3. The van der Waals surface area contributed by atoms with Crippen LogP contribution in [0, 0.1) is 34.0 Å². The van der Waals surface area contributed by atoms with Gasteiger partial charge in [0.25, 0.3) is 0 Å². The molecule has 0 amide bonds. The second-order valence-electron chi connectivity index (χ2n) is 12.6. The molecule has 5 aromatic rings. The third kappa shape index (κ3) is 6.04. The Balaban J connectivity index is 1.19. The van der Waals surface area contributed by atoms with Crippen molar-refractivity contribution in [2.24, 2.45) is 0 Å². The molecule has 0 saturated carbocycles. The van der Waals surface area contributed by atoms with Crippen molar-refractivity contribution in [1.82, 2.24) is 0 Å². The summed E-state index contributed by atoms with van der Waals surface area (Å²) in [4.78, 5) is 5.67. The van der Waals surface area contributed by atoms with Crippen LogP contribution in [0.2, 0.25) is 0 Å². The molecule has 260 valence electrons. The fourth-order valence-corrected chi connectivity index (χ4v) is 8.94. The van der Waals surface area contributed by atoms with Gasteiger partial charge in [-0.2, -0.15) is 15.8 Å². The van der Waals surface area contributed by atoms with Crippen molar-refractivity contribution in [2.45, 2.75) is 19.4 Å². The quantitative estimate of drug-likeness (QED) is 0.150. The van der Waals surface area contributed by atoms with Crippen LogP contribution in [0.25, 0.3) is 26.3 Å². The zero-order chi connectivity index (χ0) is 36.5. The highest BCUT2D eigenvalue weighted by Gasteiger charge is 2.39. The Morgan fingerprint density at radius 3 is 1.72 bits per heavy atom. The summed E-state index contributed by atoms with van der Waals surface area (Å²) in [6.45, 7) is 5.21. The molecule has 0 N–H and O–H groups in total. The SMILES string of the molecule is CC1(C)OC(=C(C#N)C#N)C(C#N)=C1/C=C/c1sc(-c2sc(-c3ccc(N(c4ccccc4)c4ccccc4)cc3)c3c2OCCO3)c2c1OCCO2. The number of para-hydroxylation sites is 2. The zero-order valence-electron chi connectivity index (χ0n) is 28.7. The molecule has 0 spiro atoms. The first kappa shape index (κ1) is 33.7. The fourth-order valence-electron chi connectivity index (χ4n) is 6.53. The number of allylic oxidation sites excluding steroid dienone is 2. The molecular weight excluding hydrogens is 705 g/mol. The zero-order valence-corrected chi connectivity index (χ0v) is 30.3. The maximum absolute atomic E-state index is 10.0. The molecule has 2 aromatic heterocycles. The lowest BCUT2D eigenvalue weighted by atomic mass is 9.94. The third-order valence-corrected chi connectivity index (χ3v) is 11.4. The van der Waals surface area contributed by atoms with Gasteiger partial charge in [-0.3, -0.25) is 0 Å². The second-order valence-corrected chi connectivity index (χ2v) is 14.7. The highest BCUT2D eigenvalue weighted by Crippen LogP contribution is 2.60. The van der Waals surface area contributed by atoms with Gasteiger partial charge in [0.05, 0.1) is 19.5 Å². The predicted octanol–water partition coefficient (Wildman–Crippen LogP) is 10.1. The summed E-state index contributed by atoms with van der Waals surface area (Å²) in [6.07, 6.45) is 3.65. The molecule has 8 rings (SSSR count). The molecule has 53 heavy (non-hydrogen) atoms. The fraction of sp³-hybridized carbons (Fsp3) is 0.167. The second kappa shape index (κ2) is 13.9. The van der Waals surface area contributed by atoms with Gasteiger partial charge in [0.2, 0.25) is 0 Å². The number of ether oxygens (including phenoxy) is 5. The minimum atomic E-state index is -0.949. The van der Waals surface area contributed by atoms with Crippen LogP contribution in [-0.2, 0) is 4.74 Å². The summed E-state index contributed by atoms with van der Waals surface area (Å²) >= 11 is 3.07. The molecule has 0 atom stereocenters. The van der Waals surface area contributed by atoms with Gasteiger partial charge in [-0.1, -0.05) is 54.6 Å². The topological polar surface area (TPSA) is 121 Å². The molecule has 0 aliphatic carbocycles. The van der Waals surface area contributed by atoms with Crippen LogP contribution in [-0.4, -0.2) is 32.0 Å². The lowest BCUT2D eigenvalue weighted by molar-refractivity contribution is 0.0954. The Bertz CT molecular complexity index is 2390. The number of nitriles is 3.